The molecule has 2 saturated heterocycles. The molecule has 0 spiro atoms. The Morgan fingerprint density at radius 3 is 2.67 bits per heavy atom. The summed E-state index contributed by atoms with van der Waals surface area (Å²) in [6.07, 6.45) is 2.35. The number of carbonyl (C=O) groups is 2. The van der Waals surface area contributed by atoms with E-state index in [0.29, 0.717) is 36.8 Å². The fraction of sp³-hybridized carbons (Fsp3) is 0.387. The van der Waals surface area contributed by atoms with Gasteiger partial charge in [-0.05, 0) is 85.6 Å². The number of aromatic amines is 1. The summed E-state index contributed by atoms with van der Waals surface area (Å²) < 4.78 is 31.7. The minimum atomic E-state index is -0.996. The standard InChI is InChI=1S/C31H33F2N5O3S/c32-20-41-19-31(11-14-37(18-31)17-28(39)38-12-9-21(10-13-38)27-2-1-15-42-27)30(40)34-24-7-8-26-25(16-24)29(36-35-26)22-3-5-23(33)6-4-22/h1-8,15-16,21H,9-14,17-20H2,(H,34,40)(H,35,36). The van der Waals surface area contributed by atoms with Crippen molar-refractivity contribution >= 4 is 39.7 Å². The maximum absolute atomic E-state index is 13.7. The Morgan fingerprint density at radius 2 is 1.93 bits per heavy atom. The number of anilines is 1. The Labute approximate surface area is 246 Å². The highest BCUT2D eigenvalue weighted by atomic mass is 32.1. The van der Waals surface area contributed by atoms with Crippen LogP contribution in [-0.4, -0.2) is 78.0 Å². The Kier molecular flexibility index (Phi) is 8.32. The predicted octanol–water partition coefficient (Wildman–Crippen LogP) is 5.41. The van der Waals surface area contributed by atoms with Crippen LogP contribution in [0.1, 0.15) is 30.1 Å². The van der Waals surface area contributed by atoms with Crippen LogP contribution < -0.4 is 5.32 Å². The van der Waals surface area contributed by atoms with E-state index in [4.69, 9.17) is 4.74 Å². The lowest BCUT2D eigenvalue weighted by Crippen LogP contribution is -2.46. The first-order chi connectivity index (χ1) is 20.4. The second-order valence-electron chi connectivity index (χ2n) is 11.2. The number of alkyl halides is 1. The van der Waals surface area contributed by atoms with Gasteiger partial charge in [0, 0.05) is 41.1 Å². The first kappa shape index (κ1) is 28.4. The molecule has 0 bridgehead atoms. The fourth-order valence-corrected chi connectivity index (χ4v) is 7.01. The summed E-state index contributed by atoms with van der Waals surface area (Å²) in [6.45, 7) is 1.43. The lowest BCUT2D eigenvalue weighted by Gasteiger charge is -2.33. The molecule has 4 aromatic rings. The zero-order valence-corrected chi connectivity index (χ0v) is 24.0. The average Bonchev–Trinajstić information content (AvgIpc) is 3.78. The second kappa shape index (κ2) is 12.3. The Bertz CT molecular complexity index is 1540. The molecule has 2 aliphatic heterocycles. The van der Waals surface area contributed by atoms with E-state index in [1.165, 1.54) is 17.0 Å². The van der Waals surface area contributed by atoms with Crippen molar-refractivity contribution in [1.82, 2.24) is 20.0 Å². The maximum atomic E-state index is 13.7. The number of aromatic nitrogens is 2. The fourth-order valence-electron chi connectivity index (χ4n) is 6.11. The molecule has 1 unspecified atom stereocenters. The third-order valence-electron chi connectivity index (χ3n) is 8.46. The van der Waals surface area contributed by atoms with Gasteiger partial charge in [0.25, 0.3) is 0 Å². The predicted molar refractivity (Wildman–Crippen MR) is 158 cm³/mol. The molecule has 220 valence electrons. The van der Waals surface area contributed by atoms with Crippen LogP contribution in [0.15, 0.2) is 60.0 Å². The van der Waals surface area contributed by atoms with Crippen LogP contribution in [0.2, 0.25) is 0 Å². The van der Waals surface area contributed by atoms with Crippen molar-refractivity contribution in [3.05, 3.63) is 70.7 Å². The minimum Gasteiger partial charge on any atom is -0.349 e. The summed E-state index contributed by atoms with van der Waals surface area (Å²) in [6, 6.07) is 15.7. The van der Waals surface area contributed by atoms with Crippen molar-refractivity contribution < 1.29 is 23.1 Å². The number of H-pyrrole nitrogens is 1. The van der Waals surface area contributed by atoms with Crippen LogP contribution in [0.4, 0.5) is 14.5 Å². The van der Waals surface area contributed by atoms with Crippen molar-refractivity contribution in [2.75, 3.05) is 51.5 Å². The molecule has 4 heterocycles. The third kappa shape index (κ3) is 5.95. The largest absolute Gasteiger partial charge is 0.349 e. The molecule has 8 nitrogen and oxygen atoms in total. The van der Waals surface area contributed by atoms with E-state index in [2.05, 4.69) is 33.0 Å². The summed E-state index contributed by atoms with van der Waals surface area (Å²) in [5.41, 5.74) is 1.71. The highest BCUT2D eigenvalue weighted by Crippen LogP contribution is 2.35. The SMILES string of the molecule is O=C(CN1CCC(COCF)(C(=O)Nc2ccc3[nH]nc(-c4ccc(F)cc4)c3c2)C1)N1CCC(c2cccs2)CC1. The van der Waals surface area contributed by atoms with Gasteiger partial charge in [0.2, 0.25) is 11.8 Å². The summed E-state index contributed by atoms with van der Waals surface area (Å²) in [5, 5.41) is 13.2. The molecule has 2 N–H and O–H groups in total. The normalized spacial score (nSPS) is 19.9. The molecule has 0 radical (unpaired) electrons. The molecule has 2 aromatic carbocycles. The van der Waals surface area contributed by atoms with E-state index in [-0.39, 0.29) is 30.8 Å². The first-order valence-electron chi connectivity index (χ1n) is 14.2. The number of benzene rings is 2. The number of rotatable bonds is 9. The van der Waals surface area contributed by atoms with Crippen LogP contribution in [0, 0.1) is 11.2 Å². The van der Waals surface area contributed by atoms with Gasteiger partial charge in [-0.15, -0.1) is 11.3 Å². The highest BCUT2D eigenvalue weighted by molar-refractivity contribution is 7.10. The van der Waals surface area contributed by atoms with Crippen LogP contribution >= 0.6 is 11.3 Å². The van der Waals surface area contributed by atoms with E-state index < -0.39 is 12.3 Å². The number of thiophene rings is 1. The number of nitrogens with one attached hydrogen (secondary N) is 2. The van der Waals surface area contributed by atoms with E-state index in [9.17, 15) is 18.4 Å². The summed E-state index contributed by atoms with van der Waals surface area (Å²) in [5.74, 6) is -0.0590. The smallest absolute Gasteiger partial charge is 0.236 e. The minimum absolute atomic E-state index is 0.0565. The quantitative estimate of drug-likeness (QED) is 0.271. The van der Waals surface area contributed by atoms with Crippen molar-refractivity contribution in [2.24, 2.45) is 5.41 Å². The maximum Gasteiger partial charge on any atom is 0.236 e. The number of likely N-dealkylation sites (tertiary alicyclic amines) is 2. The number of halogens is 2. The number of nitrogens with zero attached hydrogens (tertiary/aromatic N) is 3. The molecule has 42 heavy (non-hydrogen) atoms. The Morgan fingerprint density at radius 1 is 1.12 bits per heavy atom. The molecule has 6 rings (SSSR count). The van der Waals surface area contributed by atoms with Gasteiger partial charge in [-0.3, -0.25) is 19.6 Å². The number of carbonyl (C=O) groups excluding carboxylic acids is 2. The van der Waals surface area contributed by atoms with E-state index in [0.717, 1.165) is 42.4 Å². The molecule has 2 aliphatic rings. The molecule has 2 fully saturated rings. The molecule has 11 heteroatoms. The third-order valence-corrected chi connectivity index (χ3v) is 9.50. The van der Waals surface area contributed by atoms with Gasteiger partial charge in [-0.25, -0.2) is 8.78 Å². The summed E-state index contributed by atoms with van der Waals surface area (Å²) in [7, 11) is 0. The van der Waals surface area contributed by atoms with Gasteiger partial charge in [0.1, 0.15) is 5.82 Å². The number of fused-ring (bicyclic) bond motifs is 1. The summed E-state index contributed by atoms with van der Waals surface area (Å²) in [4.78, 5) is 32.1. The molecule has 2 aromatic heterocycles. The highest BCUT2D eigenvalue weighted by Gasteiger charge is 2.45. The number of ether oxygens (including phenoxy) is 1. The summed E-state index contributed by atoms with van der Waals surface area (Å²) >= 11 is 1.77. The molecule has 2 amide bonds. The van der Waals surface area contributed by atoms with Gasteiger partial charge in [0.05, 0.1) is 29.8 Å². The van der Waals surface area contributed by atoms with Crippen LogP contribution in [0.5, 0.6) is 0 Å². The molecule has 0 saturated carbocycles. The molecular formula is C31H33F2N5O3S. The molecular weight excluding hydrogens is 560 g/mol. The average molecular weight is 594 g/mol. The van der Waals surface area contributed by atoms with Crippen molar-refractivity contribution in [3.8, 4) is 11.3 Å². The van der Waals surface area contributed by atoms with Gasteiger partial charge in [-0.1, -0.05) is 6.07 Å². The monoisotopic (exact) mass is 593 g/mol. The zero-order chi connectivity index (χ0) is 29.1. The van der Waals surface area contributed by atoms with Gasteiger partial charge in [-0.2, -0.15) is 5.10 Å². The van der Waals surface area contributed by atoms with Crippen LogP contribution in [-0.2, 0) is 14.3 Å². The second-order valence-corrected chi connectivity index (χ2v) is 12.1. The molecule has 0 aliphatic carbocycles. The number of hydrogen-bond acceptors (Lipinski definition) is 6. The van der Waals surface area contributed by atoms with E-state index in [1.54, 1.807) is 29.5 Å². The lowest BCUT2D eigenvalue weighted by molar-refractivity contribution is -0.135. The zero-order valence-electron chi connectivity index (χ0n) is 23.2. The molecule has 1 atom stereocenters. The van der Waals surface area contributed by atoms with Crippen LogP contribution in [0.25, 0.3) is 22.2 Å². The Hall–Kier alpha value is -3.67. The van der Waals surface area contributed by atoms with Crippen molar-refractivity contribution in [3.63, 3.8) is 0 Å². The topological polar surface area (TPSA) is 90.6 Å². The van der Waals surface area contributed by atoms with E-state index in [1.807, 2.05) is 21.9 Å². The Balaban J connectivity index is 1.11. The van der Waals surface area contributed by atoms with Gasteiger partial charge in [0.15, 0.2) is 6.86 Å². The van der Waals surface area contributed by atoms with Crippen LogP contribution in [0.3, 0.4) is 0 Å². The van der Waals surface area contributed by atoms with E-state index >= 15 is 0 Å². The van der Waals surface area contributed by atoms with Crippen molar-refractivity contribution in [1.29, 1.82) is 0 Å². The van der Waals surface area contributed by atoms with Gasteiger partial charge >= 0.3 is 0 Å². The number of piperidine rings is 1. The first-order valence-corrected chi connectivity index (χ1v) is 15.0. The van der Waals surface area contributed by atoms with Gasteiger partial charge < -0.3 is 15.0 Å². The number of amides is 2. The lowest BCUT2D eigenvalue weighted by atomic mass is 9.86. The van der Waals surface area contributed by atoms with Crippen molar-refractivity contribution in [2.45, 2.75) is 25.2 Å². The number of hydrogen-bond donors (Lipinski definition) is 2.